The molecule has 0 aliphatic carbocycles. The maximum absolute atomic E-state index is 13.5. The van der Waals surface area contributed by atoms with Crippen molar-refractivity contribution in [2.24, 2.45) is 15.9 Å². The summed E-state index contributed by atoms with van der Waals surface area (Å²) >= 11 is 4.27. The molecule has 0 saturated heterocycles. The Morgan fingerprint density at radius 1 is 1.03 bits per heavy atom. The summed E-state index contributed by atoms with van der Waals surface area (Å²) in [6, 6.07) is 1.36. The Morgan fingerprint density at radius 3 is 2.09 bits per heavy atom. The average molecular weight is 522 g/mol. The molecule has 35 heavy (non-hydrogen) atoms. The predicted octanol–water partition coefficient (Wildman–Crippen LogP) is 1.93. The van der Waals surface area contributed by atoms with Crippen LogP contribution in [0.2, 0.25) is 0 Å². The minimum Gasteiger partial charge on any atom is -0.463 e. The summed E-state index contributed by atoms with van der Waals surface area (Å²) in [4.78, 5) is 38.0. The fourth-order valence-electron chi connectivity index (χ4n) is 2.62. The number of thiol groups is 1. The first-order chi connectivity index (χ1) is 16.3. The van der Waals surface area contributed by atoms with E-state index < -0.39 is 59.1 Å². The highest BCUT2D eigenvalue weighted by atomic mass is 32.1. The van der Waals surface area contributed by atoms with E-state index in [1.165, 1.54) is 20.8 Å². The lowest BCUT2D eigenvalue weighted by molar-refractivity contribution is -0.169. The maximum Gasteiger partial charge on any atom is 0.303 e. The van der Waals surface area contributed by atoms with Crippen molar-refractivity contribution in [1.29, 1.82) is 0 Å². The van der Waals surface area contributed by atoms with Crippen molar-refractivity contribution in [3.8, 4) is 0 Å². The van der Waals surface area contributed by atoms with Crippen LogP contribution in [-0.4, -0.2) is 66.7 Å². The van der Waals surface area contributed by atoms with Crippen LogP contribution in [-0.2, 0) is 33.3 Å². The molecule has 0 spiro atoms. The first-order valence-corrected chi connectivity index (χ1v) is 10.6. The zero-order chi connectivity index (χ0) is 26.7. The molecule has 0 amide bonds. The largest absolute Gasteiger partial charge is 0.463 e. The lowest BCUT2D eigenvalue weighted by Gasteiger charge is -2.29. The van der Waals surface area contributed by atoms with E-state index in [-0.39, 0.29) is 24.4 Å². The molecule has 10 nitrogen and oxygen atoms in total. The van der Waals surface area contributed by atoms with E-state index in [0.717, 1.165) is 13.1 Å². The molecule has 0 heterocycles. The van der Waals surface area contributed by atoms with Gasteiger partial charge in [-0.25, -0.2) is 13.2 Å². The van der Waals surface area contributed by atoms with Crippen molar-refractivity contribution >= 4 is 42.5 Å². The van der Waals surface area contributed by atoms with Gasteiger partial charge in [0.2, 0.25) is 0 Å². The van der Waals surface area contributed by atoms with Gasteiger partial charge in [0.15, 0.2) is 23.6 Å². The van der Waals surface area contributed by atoms with E-state index in [9.17, 15) is 27.6 Å². The molecule has 4 unspecified atom stereocenters. The summed E-state index contributed by atoms with van der Waals surface area (Å²) in [7, 11) is 0. The molecule has 0 saturated carbocycles. The summed E-state index contributed by atoms with van der Waals surface area (Å²) in [6.07, 6.45) is -1.92. The van der Waals surface area contributed by atoms with Crippen molar-refractivity contribution in [1.82, 2.24) is 0 Å². The minimum absolute atomic E-state index is 0.188. The van der Waals surface area contributed by atoms with Gasteiger partial charge in [-0.3, -0.25) is 19.4 Å². The lowest BCUT2D eigenvalue weighted by atomic mass is 10.1. The second-order valence-electron chi connectivity index (χ2n) is 7.09. The fraction of sp³-hybridized carbons (Fsp3) is 0.476. The molecule has 1 aromatic carbocycles. The SMILES string of the molecule is CC(=O)OCC(OC(S)C(CN=CC(=NN)c1cc(F)c(F)c(F)c1)OC(C)=O)C(C)OC(C)=O. The van der Waals surface area contributed by atoms with Crippen molar-refractivity contribution in [2.45, 2.75) is 51.4 Å². The number of hydrogen-bond donors (Lipinski definition) is 2. The molecule has 0 aliphatic heterocycles. The summed E-state index contributed by atoms with van der Waals surface area (Å²) in [5.74, 6) is -1.21. The van der Waals surface area contributed by atoms with Crippen LogP contribution < -0.4 is 5.84 Å². The molecule has 0 aliphatic rings. The number of esters is 3. The van der Waals surface area contributed by atoms with Gasteiger partial charge in [0.05, 0.1) is 6.54 Å². The van der Waals surface area contributed by atoms with Crippen LogP contribution in [0.15, 0.2) is 22.2 Å². The Hall–Kier alpha value is -3.13. The quantitative estimate of drug-likeness (QED) is 0.0622. The van der Waals surface area contributed by atoms with Crippen molar-refractivity contribution in [2.75, 3.05) is 13.2 Å². The molecule has 0 fully saturated rings. The molecule has 194 valence electrons. The number of halogens is 3. The van der Waals surface area contributed by atoms with E-state index >= 15 is 0 Å². The Kier molecular flexibility index (Phi) is 12.2. The minimum atomic E-state index is -1.65. The second-order valence-corrected chi connectivity index (χ2v) is 7.60. The highest BCUT2D eigenvalue weighted by Gasteiger charge is 2.30. The highest BCUT2D eigenvalue weighted by Crippen LogP contribution is 2.17. The van der Waals surface area contributed by atoms with Gasteiger partial charge in [-0.2, -0.15) is 5.10 Å². The number of ether oxygens (including phenoxy) is 4. The molecular weight excluding hydrogens is 495 g/mol. The lowest BCUT2D eigenvalue weighted by Crippen LogP contribution is -2.41. The molecule has 4 atom stereocenters. The smallest absolute Gasteiger partial charge is 0.303 e. The summed E-state index contributed by atoms with van der Waals surface area (Å²) < 4.78 is 61.1. The van der Waals surface area contributed by atoms with Crippen molar-refractivity contribution in [3.63, 3.8) is 0 Å². The van der Waals surface area contributed by atoms with Crippen molar-refractivity contribution in [3.05, 3.63) is 35.1 Å². The standard InChI is InChI=1S/C21H26F3N3O7S/c1-10(32-12(3)29)19(9-31-11(2)28)34-21(35)18(33-13(4)30)8-26-7-17(27-25)14-5-15(22)20(24)16(23)6-14/h5-7,10,18-19,21,35H,8-9,25H2,1-4H3. The number of hydrazone groups is 1. The molecular formula is C21H26F3N3O7S. The number of benzene rings is 1. The van der Waals surface area contributed by atoms with Gasteiger partial charge in [0, 0.05) is 32.5 Å². The number of nitrogens with two attached hydrogens (primary N) is 1. The fourth-order valence-corrected chi connectivity index (χ4v) is 2.93. The molecule has 14 heteroatoms. The Balaban J connectivity index is 3.02. The highest BCUT2D eigenvalue weighted by molar-refractivity contribution is 7.80. The van der Waals surface area contributed by atoms with Crippen LogP contribution >= 0.6 is 12.6 Å². The zero-order valence-electron chi connectivity index (χ0n) is 19.4. The van der Waals surface area contributed by atoms with Crippen LogP contribution in [0.1, 0.15) is 33.3 Å². The molecule has 1 rings (SSSR count). The number of aliphatic imine (C=N–C) groups is 1. The van der Waals surface area contributed by atoms with Crippen LogP contribution in [0.5, 0.6) is 0 Å². The van der Waals surface area contributed by atoms with Crippen LogP contribution in [0.3, 0.4) is 0 Å². The average Bonchev–Trinajstić information content (AvgIpc) is 2.75. The summed E-state index contributed by atoms with van der Waals surface area (Å²) in [6.45, 7) is 4.43. The number of carbonyl (C=O) groups excluding carboxylic acids is 3. The molecule has 0 radical (unpaired) electrons. The normalized spacial score (nSPS) is 15.3. The van der Waals surface area contributed by atoms with Crippen molar-refractivity contribution < 1.29 is 46.5 Å². The van der Waals surface area contributed by atoms with E-state index in [1.807, 2.05) is 0 Å². The second kappa shape index (κ2) is 14.3. The predicted molar refractivity (Wildman–Crippen MR) is 121 cm³/mol. The summed E-state index contributed by atoms with van der Waals surface area (Å²) in [5, 5.41) is 3.37. The third-order valence-electron chi connectivity index (χ3n) is 4.19. The molecule has 0 bridgehead atoms. The molecule has 1 aromatic rings. The maximum atomic E-state index is 13.5. The van der Waals surface area contributed by atoms with Crippen LogP contribution in [0, 0.1) is 17.5 Å². The monoisotopic (exact) mass is 521 g/mol. The number of nitrogens with zero attached hydrogens (tertiary/aromatic N) is 2. The van der Waals surface area contributed by atoms with Crippen LogP contribution in [0.25, 0.3) is 0 Å². The van der Waals surface area contributed by atoms with Gasteiger partial charge in [0.25, 0.3) is 0 Å². The summed E-state index contributed by atoms with van der Waals surface area (Å²) in [5.41, 5.74) is -1.53. The van der Waals surface area contributed by atoms with Gasteiger partial charge in [-0.05, 0) is 19.1 Å². The van der Waals surface area contributed by atoms with Gasteiger partial charge in [0.1, 0.15) is 30.0 Å². The number of hydrogen-bond acceptors (Lipinski definition) is 11. The van der Waals surface area contributed by atoms with E-state index in [4.69, 9.17) is 24.8 Å². The Bertz CT molecular complexity index is 954. The van der Waals surface area contributed by atoms with E-state index in [0.29, 0.717) is 12.1 Å². The van der Waals surface area contributed by atoms with Gasteiger partial charge in [-0.1, -0.05) is 0 Å². The number of carbonyl (C=O) groups is 3. The van der Waals surface area contributed by atoms with Gasteiger partial charge < -0.3 is 24.8 Å². The van der Waals surface area contributed by atoms with E-state index in [1.54, 1.807) is 0 Å². The van der Waals surface area contributed by atoms with E-state index in [2.05, 4.69) is 22.7 Å². The Morgan fingerprint density at radius 2 is 1.60 bits per heavy atom. The van der Waals surface area contributed by atoms with Gasteiger partial charge >= 0.3 is 17.9 Å². The first kappa shape index (κ1) is 29.9. The Labute approximate surface area is 205 Å². The first-order valence-electron chi connectivity index (χ1n) is 10.1. The third kappa shape index (κ3) is 10.3. The third-order valence-corrected chi connectivity index (χ3v) is 4.65. The molecule has 2 N–H and O–H groups in total. The topological polar surface area (TPSA) is 139 Å². The van der Waals surface area contributed by atoms with Crippen LogP contribution in [0.4, 0.5) is 13.2 Å². The zero-order valence-corrected chi connectivity index (χ0v) is 20.3. The number of rotatable bonds is 12. The van der Waals surface area contributed by atoms with Gasteiger partial charge in [-0.15, -0.1) is 12.6 Å². The molecule has 0 aromatic heterocycles.